The summed E-state index contributed by atoms with van der Waals surface area (Å²) >= 11 is 0. The number of rotatable bonds is 6. The third kappa shape index (κ3) is 6.16. The monoisotopic (exact) mass is 562 g/mol. The van der Waals surface area contributed by atoms with Crippen LogP contribution in [0, 0.1) is 0 Å². The van der Waals surface area contributed by atoms with Crippen molar-refractivity contribution in [3.63, 3.8) is 0 Å². The van der Waals surface area contributed by atoms with Crippen LogP contribution in [0.3, 0.4) is 0 Å². The fraction of sp³-hybridized carbons (Fsp3) is 0.385. The van der Waals surface area contributed by atoms with Crippen molar-refractivity contribution in [1.29, 1.82) is 0 Å². The standard InChI is InChI=1S/C26H29F3N6O3S/c27-26(28,29)20-4-7-24(31-16-20)33-22-9-12-35(17-23(22)36)39(37,38)21-5-1-18(2-6-21)19-3-8-25(32-15-19)34-13-10-30-11-14-34/h1-8,15-16,22-23,30,36H,9-14,17H2,(H,31,33)/t22-,23+/m1/s1. The van der Waals surface area contributed by atoms with Gasteiger partial charge in [-0.1, -0.05) is 12.1 Å². The fourth-order valence-corrected chi connectivity index (χ4v) is 6.21. The summed E-state index contributed by atoms with van der Waals surface area (Å²) in [4.78, 5) is 10.7. The van der Waals surface area contributed by atoms with Crippen molar-refractivity contribution in [3.05, 3.63) is 66.5 Å². The van der Waals surface area contributed by atoms with Crippen LogP contribution in [0.2, 0.25) is 0 Å². The second-order valence-electron chi connectivity index (χ2n) is 9.57. The molecule has 0 spiro atoms. The van der Waals surface area contributed by atoms with Gasteiger partial charge in [-0.15, -0.1) is 0 Å². The number of nitrogens with one attached hydrogen (secondary N) is 2. The highest BCUT2D eigenvalue weighted by atomic mass is 32.2. The number of sulfonamides is 1. The van der Waals surface area contributed by atoms with Crippen LogP contribution in [0.25, 0.3) is 11.1 Å². The molecule has 13 heteroatoms. The van der Waals surface area contributed by atoms with E-state index in [-0.39, 0.29) is 30.2 Å². The molecule has 0 amide bonds. The van der Waals surface area contributed by atoms with E-state index in [9.17, 15) is 26.7 Å². The summed E-state index contributed by atoms with van der Waals surface area (Å²) in [5, 5.41) is 16.8. The maximum absolute atomic E-state index is 13.2. The maximum Gasteiger partial charge on any atom is 0.417 e. The lowest BCUT2D eigenvalue weighted by Crippen LogP contribution is -2.51. The van der Waals surface area contributed by atoms with Gasteiger partial charge in [-0.2, -0.15) is 17.5 Å². The molecule has 0 radical (unpaired) electrons. The smallest absolute Gasteiger partial charge is 0.390 e. The Morgan fingerprint density at radius 1 is 0.923 bits per heavy atom. The van der Waals surface area contributed by atoms with E-state index >= 15 is 0 Å². The topological polar surface area (TPSA) is 111 Å². The Balaban J connectivity index is 1.21. The highest BCUT2D eigenvalue weighted by molar-refractivity contribution is 7.89. The summed E-state index contributed by atoms with van der Waals surface area (Å²) < 4.78 is 66.0. The number of aromatic nitrogens is 2. The largest absolute Gasteiger partial charge is 0.417 e. The van der Waals surface area contributed by atoms with Crippen molar-refractivity contribution in [1.82, 2.24) is 19.6 Å². The Hall–Kier alpha value is -3.26. The number of pyridine rings is 2. The minimum Gasteiger partial charge on any atom is -0.390 e. The average Bonchev–Trinajstić information content (AvgIpc) is 2.94. The molecule has 2 atom stereocenters. The second-order valence-corrected chi connectivity index (χ2v) is 11.5. The quantitative estimate of drug-likeness (QED) is 0.421. The van der Waals surface area contributed by atoms with Gasteiger partial charge in [-0.05, 0) is 48.4 Å². The molecule has 4 heterocycles. The first-order chi connectivity index (χ1) is 18.6. The molecule has 2 fully saturated rings. The third-order valence-electron chi connectivity index (χ3n) is 6.98. The van der Waals surface area contributed by atoms with Crippen LogP contribution in [-0.2, 0) is 16.2 Å². The zero-order valence-electron chi connectivity index (χ0n) is 21.0. The van der Waals surface area contributed by atoms with E-state index in [2.05, 4.69) is 25.5 Å². The molecule has 3 N–H and O–H groups in total. The van der Waals surface area contributed by atoms with Crippen molar-refractivity contribution >= 4 is 21.7 Å². The molecule has 2 saturated heterocycles. The van der Waals surface area contributed by atoms with E-state index in [0.29, 0.717) is 0 Å². The molecule has 9 nitrogen and oxygen atoms in total. The SMILES string of the molecule is O=S(=O)(c1ccc(-c2ccc(N3CCNCC3)nc2)cc1)N1CC[C@@H](Nc2ccc(C(F)(F)F)cn2)[C@@H](O)C1. The number of β-amino-alcohol motifs (C(OH)–C–C–N with tert-alkyl or cyclic N) is 1. The van der Waals surface area contributed by atoms with Gasteiger partial charge in [0.15, 0.2) is 0 Å². The van der Waals surface area contributed by atoms with Crippen molar-refractivity contribution in [2.24, 2.45) is 0 Å². The number of benzene rings is 1. The molecule has 2 aliphatic rings. The van der Waals surface area contributed by atoms with Gasteiger partial charge >= 0.3 is 6.18 Å². The van der Waals surface area contributed by atoms with Crippen molar-refractivity contribution < 1.29 is 26.7 Å². The zero-order valence-corrected chi connectivity index (χ0v) is 21.8. The fourth-order valence-electron chi connectivity index (χ4n) is 4.73. The maximum atomic E-state index is 13.2. The molecule has 2 aromatic heterocycles. The lowest BCUT2D eigenvalue weighted by Gasteiger charge is -2.35. The van der Waals surface area contributed by atoms with Gasteiger partial charge < -0.3 is 20.6 Å². The number of aliphatic hydroxyl groups excluding tert-OH is 1. The Bertz CT molecular complexity index is 1360. The molecular formula is C26H29F3N6O3S. The first-order valence-electron chi connectivity index (χ1n) is 12.6. The van der Waals surface area contributed by atoms with Gasteiger partial charge in [0.1, 0.15) is 11.6 Å². The summed E-state index contributed by atoms with van der Waals surface area (Å²) in [5.74, 6) is 1.08. The van der Waals surface area contributed by atoms with Crippen LogP contribution in [-0.4, -0.2) is 79.2 Å². The Morgan fingerprint density at radius 3 is 2.23 bits per heavy atom. The van der Waals surface area contributed by atoms with Gasteiger partial charge in [0, 0.05) is 57.2 Å². The number of halogens is 3. The summed E-state index contributed by atoms with van der Waals surface area (Å²) in [7, 11) is -3.86. The summed E-state index contributed by atoms with van der Waals surface area (Å²) in [6.07, 6.45) is -2.81. The predicted octanol–water partition coefficient (Wildman–Crippen LogP) is 2.81. The molecule has 0 bridgehead atoms. The third-order valence-corrected chi connectivity index (χ3v) is 8.86. The van der Waals surface area contributed by atoms with Gasteiger partial charge in [0.25, 0.3) is 0 Å². The zero-order chi connectivity index (χ0) is 27.6. The highest BCUT2D eigenvalue weighted by Gasteiger charge is 2.35. The van der Waals surface area contributed by atoms with Crippen LogP contribution < -0.4 is 15.5 Å². The molecule has 3 aromatic rings. The normalized spacial score (nSPS) is 21.1. The van der Waals surface area contributed by atoms with Crippen LogP contribution in [0.5, 0.6) is 0 Å². The van der Waals surface area contributed by atoms with E-state index in [1.165, 1.54) is 22.5 Å². The van der Waals surface area contributed by atoms with Crippen LogP contribution in [0.1, 0.15) is 12.0 Å². The van der Waals surface area contributed by atoms with E-state index in [1.807, 2.05) is 12.1 Å². The minimum absolute atomic E-state index is 0.111. The molecule has 2 aliphatic heterocycles. The van der Waals surface area contributed by atoms with E-state index < -0.39 is 33.9 Å². The Labute approximate surface area is 224 Å². The number of aliphatic hydroxyl groups is 1. The van der Waals surface area contributed by atoms with Crippen LogP contribution in [0.15, 0.2) is 65.8 Å². The first kappa shape index (κ1) is 27.3. The van der Waals surface area contributed by atoms with E-state index in [0.717, 1.165) is 55.4 Å². The van der Waals surface area contributed by atoms with Gasteiger partial charge in [0.2, 0.25) is 10.0 Å². The van der Waals surface area contributed by atoms with Crippen LogP contribution in [0.4, 0.5) is 24.8 Å². The lowest BCUT2D eigenvalue weighted by atomic mass is 10.0. The molecular weight excluding hydrogens is 533 g/mol. The van der Waals surface area contributed by atoms with Gasteiger partial charge in [-0.3, -0.25) is 0 Å². The Kier molecular flexibility index (Phi) is 7.76. The predicted molar refractivity (Wildman–Crippen MR) is 141 cm³/mol. The number of alkyl halides is 3. The van der Waals surface area contributed by atoms with Crippen molar-refractivity contribution in [2.45, 2.75) is 29.6 Å². The second kappa shape index (κ2) is 11.1. The van der Waals surface area contributed by atoms with Crippen LogP contribution >= 0.6 is 0 Å². The summed E-state index contributed by atoms with van der Waals surface area (Å²) in [5.41, 5.74) is 0.835. The van der Waals surface area contributed by atoms with E-state index in [1.54, 1.807) is 18.3 Å². The summed E-state index contributed by atoms with van der Waals surface area (Å²) in [6.45, 7) is 3.61. The number of nitrogens with zero attached hydrogens (tertiary/aromatic N) is 4. The number of piperidine rings is 1. The summed E-state index contributed by atoms with van der Waals surface area (Å²) in [6, 6.07) is 12.0. The molecule has 208 valence electrons. The highest BCUT2D eigenvalue weighted by Crippen LogP contribution is 2.30. The number of hydrogen-bond acceptors (Lipinski definition) is 8. The molecule has 39 heavy (non-hydrogen) atoms. The minimum atomic E-state index is -4.49. The van der Waals surface area contributed by atoms with Gasteiger partial charge in [-0.25, -0.2) is 18.4 Å². The van der Waals surface area contributed by atoms with E-state index in [4.69, 9.17) is 0 Å². The Morgan fingerprint density at radius 2 is 1.64 bits per heavy atom. The molecule has 5 rings (SSSR count). The first-order valence-corrected chi connectivity index (χ1v) is 14.1. The average molecular weight is 563 g/mol. The lowest BCUT2D eigenvalue weighted by molar-refractivity contribution is -0.137. The van der Waals surface area contributed by atoms with Crippen molar-refractivity contribution in [2.75, 3.05) is 49.5 Å². The van der Waals surface area contributed by atoms with Crippen molar-refractivity contribution in [3.8, 4) is 11.1 Å². The molecule has 0 unspecified atom stereocenters. The molecule has 1 aromatic carbocycles. The van der Waals surface area contributed by atoms with Gasteiger partial charge in [0.05, 0.1) is 22.6 Å². The number of hydrogen-bond donors (Lipinski definition) is 3. The molecule has 0 saturated carbocycles. The number of anilines is 2. The number of piperazine rings is 1. The molecule has 0 aliphatic carbocycles.